The van der Waals surface area contributed by atoms with Crippen molar-refractivity contribution in [1.29, 1.82) is 0 Å². The van der Waals surface area contributed by atoms with Crippen LogP contribution in [-0.2, 0) is 4.79 Å². The van der Waals surface area contributed by atoms with Crippen molar-refractivity contribution >= 4 is 40.7 Å². The molecule has 0 saturated carbocycles. The van der Waals surface area contributed by atoms with E-state index in [0.29, 0.717) is 16.8 Å². The molecule has 0 heterocycles. The monoisotopic (exact) mass is 412 g/mol. The molecule has 4 N–H and O–H groups in total. The number of aryl methyl sites for hydroxylation is 1. The number of rotatable bonds is 3. The largest absolute Gasteiger partial charge is 0.322 e. The van der Waals surface area contributed by atoms with Gasteiger partial charge in [-0.15, -0.1) is 0 Å². The zero-order chi connectivity index (χ0) is 21.6. The summed E-state index contributed by atoms with van der Waals surface area (Å²) in [6, 6.07) is 13.7. The Balaban J connectivity index is 1.90. The summed E-state index contributed by atoms with van der Waals surface area (Å²) in [5.74, 6) is -0.922. The standard InChI is InChI=1S/C21H24N4O3S/c1-13-7-5-6-8-16(13)18(27)22-15-11-9-14(10-12-15)17(26)24-25-20(29)23-19(28)21(2,3)4/h5-12H,1-4H3,(H,22,27)(H,24,26)(H2,23,25,28,29). The zero-order valence-electron chi connectivity index (χ0n) is 16.8. The quantitative estimate of drug-likeness (QED) is 0.459. The van der Waals surface area contributed by atoms with E-state index in [-0.39, 0.29) is 16.9 Å². The van der Waals surface area contributed by atoms with Gasteiger partial charge in [0, 0.05) is 22.2 Å². The summed E-state index contributed by atoms with van der Waals surface area (Å²) in [7, 11) is 0. The SMILES string of the molecule is Cc1ccccc1C(=O)Nc1ccc(C(=O)NNC(=S)NC(=O)C(C)(C)C)cc1. The van der Waals surface area contributed by atoms with Crippen LogP contribution in [0, 0.1) is 12.3 Å². The van der Waals surface area contributed by atoms with Crippen molar-refractivity contribution in [3.63, 3.8) is 0 Å². The van der Waals surface area contributed by atoms with Gasteiger partial charge < -0.3 is 10.6 Å². The van der Waals surface area contributed by atoms with Crippen molar-refractivity contribution in [1.82, 2.24) is 16.2 Å². The molecular formula is C21H24N4O3S. The molecule has 0 radical (unpaired) electrons. The third-order valence-corrected chi connectivity index (χ3v) is 4.20. The molecule has 0 aromatic heterocycles. The van der Waals surface area contributed by atoms with Gasteiger partial charge in [0.05, 0.1) is 0 Å². The zero-order valence-corrected chi connectivity index (χ0v) is 17.6. The van der Waals surface area contributed by atoms with Gasteiger partial charge in [0.15, 0.2) is 5.11 Å². The molecule has 2 aromatic carbocycles. The number of benzene rings is 2. The van der Waals surface area contributed by atoms with Gasteiger partial charge in [0.1, 0.15) is 0 Å². The highest BCUT2D eigenvalue weighted by molar-refractivity contribution is 7.80. The molecule has 7 nitrogen and oxygen atoms in total. The van der Waals surface area contributed by atoms with Crippen LogP contribution in [0.25, 0.3) is 0 Å². The van der Waals surface area contributed by atoms with Crippen LogP contribution in [0.15, 0.2) is 48.5 Å². The molecule has 0 aliphatic rings. The average molecular weight is 413 g/mol. The summed E-state index contributed by atoms with van der Waals surface area (Å²) in [5.41, 5.74) is 6.69. The highest BCUT2D eigenvalue weighted by atomic mass is 32.1. The second kappa shape index (κ2) is 9.29. The highest BCUT2D eigenvalue weighted by Gasteiger charge is 2.22. The number of carbonyl (C=O) groups is 3. The molecule has 0 saturated heterocycles. The van der Waals surface area contributed by atoms with Crippen molar-refractivity contribution < 1.29 is 14.4 Å². The number of nitrogens with one attached hydrogen (secondary N) is 4. The van der Waals surface area contributed by atoms with Crippen LogP contribution in [0.4, 0.5) is 5.69 Å². The number of hydrazine groups is 1. The maximum Gasteiger partial charge on any atom is 0.269 e. The molecule has 0 aliphatic heterocycles. The van der Waals surface area contributed by atoms with E-state index in [2.05, 4.69) is 21.5 Å². The number of amides is 3. The molecule has 0 unspecified atom stereocenters. The number of anilines is 1. The summed E-state index contributed by atoms with van der Waals surface area (Å²) >= 11 is 4.99. The van der Waals surface area contributed by atoms with Crippen molar-refractivity contribution in [2.75, 3.05) is 5.32 Å². The van der Waals surface area contributed by atoms with E-state index in [9.17, 15) is 14.4 Å². The molecular weight excluding hydrogens is 388 g/mol. The maximum atomic E-state index is 12.3. The fourth-order valence-corrected chi connectivity index (χ4v) is 2.38. The Hall–Kier alpha value is -3.26. The van der Waals surface area contributed by atoms with E-state index in [1.807, 2.05) is 19.1 Å². The van der Waals surface area contributed by atoms with Crippen LogP contribution in [0.2, 0.25) is 0 Å². The van der Waals surface area contributed by atoms with Gasteiger partial charge in [-0.3, -0.25) is 25.2 Å². The lowest BCUT2D eigenvalue weighted by Crippen LogP contribution is -2.50. The number of thiocarbonyl (C=S) groups is 1. The molecule has 3 amide bonds. The van der Waals surface area contributed by atoms with Gasteiger partial charge in [-0.05, 0) is 55.0 Å². The molecule has 2 rings (SSSR count). The first-order valence-corrected chi connectivity index (χ1v) is 9.37. The lowest BCUT2D eigenvalue weighted by atomic mass is 9.96. The van der Waals surface area contributed by atoms with E-state index in [1.165, 1.54) is 0 Å². The predicted octanol–water partition coefficient (Wildman–Crippen LogP) is 2.93. The van der Waals surface area contributed by atoms with Gasteiger partial charge in [0.2, 0.25) is 5.91 Å². The van der Waals surface area contributed by atoms with Crippen molar-refractivity contribution in [2.24, 2.45) is 5.41 Å². The normalized spacial score (nSPS) is 10.6. The van der Waals surface area contributed by atoms with Crippen molar-refractivity contribution in [3.05, 3.63) is 65.2 Å². The van der Waals surface area contributed by atoms with E-state index in [4.69, 9.17) is 12.2 Å². The summed E-state index contributed by atoms with van der Waals surface area (Å²) in [5, 5.41) is 5.29. The van der Waals surface area contributed by atoms with Gasteiger partial charge in [-0.1, -0.05) is 39.0 Å². The van der Waals surface area contributed by atoms with E-state index in [1.54, 1.807) is 57.2 Å². The lowest BCUT2D eigenvalue weighted by Gasteiger charge is -2.18. The topological polar surface area (TPSA) is 99.3 Å². The number of carbonyl (C=O) groups excluding carboxylic acids is 3. The van der Waals surface area contributed by atoms with Crippen LogP contribution in [0.5, 0.6) is 0 Å². The van der Waals surface area contributed by atoms with E-state index < -0.39 is 11.3 Å². The Morgan fingerprint density at radius 2 is 1.48 bits per heavy atom. The average Bonchev–Trinajstić information content (AvgIpc) is 2.66. The fourth-order valence-electron chi connectivity index (χ4n) is 2.24. The number of hydrogen-bond acceptors (Lipinski definition) is 4. The second-order valence-electron chi connectivity index (χ2n) is 7.46. The fraction of sp³-hybridized carbons (Fsp3) is 0.238. The molecule has 29 heavy (non-hydrogen) atoms. The van der Waals surface area contributed by atoms with Gasteiger partial charge >= 0.3 is 0 Å². The molecule has 152 valence electrons. The van der Waals surface area contributed by atoms with E-state index >= 15 is 0 Å². The molecule has 0 fully saturated rings. The molecule has 2 aromatic rings. The van der Waals surface area contributed by atoms with Crippen LogP contribution in [0.3, 0.4) is 0 Å². The molecule has 0 aliphatic carbocycles. The van der Waals surface area contributed by atoms with Crippen LogP contribution >= 0.6 is 12.2 Å². The third kappa shape index (κ3) is 6.39. The van der Waals surface area contributed by atoms with Crippen LogP contribution < -0.4 is 21.5 Å². The maximum absolute atomic E-state index is 12.3. The second-order valence-corrected chi connectivity index (χ2v) is 7.87. The summed E-state index contributed by atoms with van der Waals surface area (Å²) in [4.78, 5) is 36.4. The first-order valence-electron chi connectivity index (χ1n) is 8.97. The Morgan fingerprint density at radius 1 is 0.862 bits per heavy atom. The predicted molar refractivity (Wildman–Crippen MR) is 116 cm³/mol. The first kappa shape index (κ1) is 22.0. The minimum absolute atomic E-state index is 0.000361. The minimum Gasteiger partial charge on any atom is -0.322 e. The van der Waals surface area contributed by atoms with Crippen LogP contribution in [0.1, 0.15) is 47.1 Å². The molecule has 0 bridgehead atoms. The van der Waals surface area contributed by atoms with Gasteiger partial charge in [-0.25, -0.2) is 0 Å². The Bertz CT molecular complexity index is 934. The number of hydrogen-bond donors (Lipinski definition) is 4. The summed E-state index contributed by atoms with van der Waals surface area (Å²) in [6.45, 7) is 7.12. The molecule has 0 atom stereocenters. The smallest absolute Gasteiger partial charge is 0.269 e. The Labute approximate surface area is 175 Å². The molecule has 0 spiro atoms. The third-order valence-electron chi connectivity index (χ3n) is 3.99. The van der Waals surface area contributed by atoms with Crippen molar-refractivity contribution in [2.45, 2.75) is 27.7 Å². The van der Waals surface area contributed by atoms with E-state index in [0.717, 1.165) is 5.56 Å². The van der Waals surface area contributed by atoms with Crippen molar-refractivity contribution in [3.8, 4) is 0 Å². The van der Waals surface area contributed by atoms with Gasteiger partial charge in [-0.2, -0.15) is 0 Å². The molecule has 8 heteroatoms. The Morgan fingerprint density at radius 3 is 2.07 bits per heavy atom. The van der Waals surface area contributed by atoms with Gasteiger partial charge in [0.25, 0.3) is 11.8 Å². The first-order chi connectivity index (χ1) is 13.6. The Kier molecular flexibility index (Phi) is 7.06. The van der Waals surface area contributed by atoms with Crippen LogP contribution in [-0.4, -0.2) is 22.8 Å². The lowest BCUT2D eigenvalue weighted by molar-refractivity contribution is -0.126. The minimum atomic E-state index is -0.603. The highest BCUT2D eigenvalue weighted by Crippen LogP contribution is 2.14. The summed E-state index contributed by atoms with van der Waals surface area (Å²) < 4.78 is 0. The summed E-state index contributed by atoms with van der Waals surface area (Å²) in [6.07, 6.45) is 0.